The molecule has 1 atom stereocenters. The zero-order valence-electron chi connectivity index (χ0n) is 16.2. The Balaban J connectivity index is 0. The van der Waals surface area contributed by atoms with Gasteiger partial charge in [-0.15, -0.1) is 11.8 Å². The van der Waals surface area contributed by atoms with Crippen molar-refractivity contribution < 1.29 is 18.9 Å². The van der Waals surface area contributed by atoms with Crippen LogP contribution in [0.5, 0.6) is 0 Å². The van der Waals surface area contributed by atoms with Gasteiger partial charge in [0.25, 0.3) is 0 Å². The molecule has 1 unspecified atom stereocenters. The van der Waals surface area contributed by atoms with Gasteiger partial charge in [-0.25, -0.2) is 0 Å². The van der Waals surface area contributed by atoms with Gasteiger partial charge in [-0.1, -0.05) is 32.6 Å². The fraction of sp³-hybridized carbons (Fsp3) is 0.789. The molecule has 4 heteroatoms. The van der Waals surface area contributed by atoms with Crippen molar-refractivity contribution in [3.63, 3.8) is 0 Å². The number of rotatable bonds is 7. The summed E-state index contributed by atoms with van der Waals surface area (Å²) in [6.45, 7) is 12.6. The molecule has 0 aliphatic heterocycles. The zero-order chi connectivity index (χ0) is 18.2. The molecule has 0 N–H and O–H groups in total. The zero-order valence-corrected chi connectivity index (χ0v) is 16.2. The molecule has 0 aromatic rings. The predicted molar refractivity (Wildman–Crippen MR) is 94.8 cm³/mol. The van der Waals surface area contributed by atoms with Crippen LogP contribution in [-0.4, -0.2) is 39.0 Å². The van der Waals surface area contributed by atoms with Crippen molar-refractivity contribution in [2.45, 2.75) is 72.4 Å². The highest BCUT2D eigenvalue weighted by Crippen LogP contribution is 2.14. The molecule has 4 nitrogen and oxygen atoms in total. The van der Waals surface area contributed by atoms with Crippen molar-refractivity contribution in [1.82, 2.24) is 0 Å². The summed E-state index contributed by atoms with van der Waals surface area (Å²) in [6.07, 6.45) is 2.58. The van der Waals surface area contributed by atoms with Gasteiger partial charge in [0.15, 0.2) is 11.6 Å². The van der Waals surface area contributed by atoms with E-state index in [2.05, 4.69) is 23.7 Å². The Labute approximate surface area is 143 Å². The largest absolute Gasteiger partial charge is 0.354 e. The Hall–Kier alpha value is -1.04. The summed E-state index contributed by atoms with van der Waals surface area (Å²) >= 11 is 0. The summed E-state index contributed by atoms with van der Waals surface area (Å²) in [4.78, 5) is 0. The maximum atomic E-state index is 5.43. The average molecular weight is 326 g/mol. The van der Waals surface area contributed by atoms with Gasteiger partial charge in [0.2, 0.25) is 0 Å². The van der Waals surface area contributed by atoms with E-state index in [9.17, 15) is 0 Å². The topological polar surface area (TPSA) is 36.9 Å². The van der Waals surface area contributed by atoms with E-state index in [0.29, 0.717) is 13.2 Å². The molecule has 0 aromatic carbocycles. The molecule has 0 aromatic heterocycles. The van der Waals surface area contributed by atoms with Crippen LogP contribution in [0.15, 0.2) is 0 Å². The normalized spacial score (nSPS) is 12.7. The van der Waals surface area contributed by atoms with Crippen LogP contribution >= 0.6 is 0 Å². The van der Waals surface area contributed by atoms with E-state index in [1.165, 1.54) is 0 Å². The van der Waals surface area contributed by atoms with Crippen LogP contribution in [0.25, 0.3) is 0 Å². The minimum absolute atomic E-state index is 0.439. The third kappa shape index (κ3) is 15.6. The van der Waals surface area contributed by atoms with E-state index in [-0.39, 0.29) is 0 Å². The highest BCUT2D eigenvalue weighted by atomic mass is 16.7. The number of hydrogen-bond acceptors (Lipinski definition) is 4. The summed E-state index contributed by atoms with van der Waals surface area (Å²) in [5.41, 5.74) is 0. The smallest absolute Gasteiger partial charge is 0.166 e. The Morgan fingerprint density at radius 3 is 1.52 bits per heavy atom. The van der Waals surface area contributed by atoms with Crippen molar-refractivity contribution >= 4 is 0 Å². The third-order valence-electron chi connectivity index (χ3n) is 3.11. The van der Waals surface area contributed by atoms with Gasteiger partial charge < -0.3 is 18.9 Å². The average Bonchev–Trinajstić information content (AvgIpc) is 2.56. The van der Waals surface area contributed by atoms with Gasteiger partial charge in [-0.05, 0) is 27.2 Å². The molecule has 0 spiro atoms. The lowest BCUT2D eigenvalue weighted by atomic mass is 10.2. The third-order valence-corrected chi connectivity index (χ3v) is 3.11. The van der Waals surface area contributed by atoms with Gasteiger partial charge >= 0.3 is 0 Å². The number of hydrogen-bond donors (Lipinski definition) is 0. The van der Waals surface area contributed by atoms with E-state index in [1.54, 1.807) is 14.2 Å². The molecule has 134 valence electrons. The maximum absolute atomic E-state index is 5.43. The highest BCUT2D eigenvalue weighted by Gasteiger charge is 2.20. The second kappa shape index (κ2) is 14.5. The van der Waals surface area contributed by atoms with Crippen LogP contribution in [0.2, 0.25) is 0 Å². The van der Waals surface area contributed by atoms with Crippen molar-refractivity contribution in [3.05, 3.63) is 0 Å². The molecular formula is C19H34O4. The number of methoxy groups -OCH3 is 2. The van der Waals surface area contributed by atoms with Gasteiger partial charge in [-0.2, -0.15) is 0 Å². The van der Waals surface area contributed by atoms with Crippen LogP contribution in [-0.2, 0) is 18.9 Å². The molecule has 0 aliphatic rings. The first-order chi connectivity index (χ1) is 10.8. The lowest BCUT2D eigenvalue weighted by molar-refractivity contribution is -0.203. The maximum Gasteiger partial charge on any atom is 0.166 e. The predicted octanol–water partition coefficient (Wildman–Crippen LogP) is 3.99. The second-order valence-electron chi connectivity index (χ2n) is 5.29. The van der Waals surface area contributed by atoms with Gasteiger partial charge in [0.1, 0.15) is 13.2 Å². The van der Waals surface area contributed by atoms with E-state index >= 15 is 0 Å². The number of ether oxygens (including phenoxy) is 4. The first kappa shape index (κ1) is 24.2. The van der Waals surface area contributed by atoms with Crippen molar-refractivity contribution in [1.29, 1.82) is 0 Å². The van der Waals surface area contributed by atoms with Gasteiger partial charge in [0.05, 0.1) is 0 Å². The molecule has 0 fully saturated rings. The van der Waals surface area contributed by atoms with Crippen LogP contribution in [0.3, 0.4) is 0 Å². The summed E-state index contributed by atoms with van der Waals surface area (Å²) in [6, 6.07) is 0. The summed E-state index contributed by atoms with van der Waals surface area (Å²) in [7, 11) is 3.27. The van der Waals surface area contributed by atoms with E-state index in [1.807, 2.05) is 41.5 Å². The quantitative estimate of drug-likeness (QED) is 0.524. The molecule has 0 aliphatic carbocycles. The standard InChI is InChI=1S/C10H18O2.C9H16O2/c1-5-7-8-9-12-10(3,6-2)11-4;1-5-6-7-8-11-9(2,3)10-4/h5-6,9H2,1-4H3;5,8H2,1-4H3. The van der Waals surface area contributed by atoms with Crippen LogP contribution in [0.1, 0.15) is 60.8 Å². The molecule has 0 heterocycles. The van der Waals surface area contributed by atoms with Crippen LogP contribution in [0, 0.1) is 23.7 Å². The Morgan fingerprint density at radius 1 is 0.696 bits per heavy atom. The SMILES string of the molecule is CCC#CCOC(C)(C)OC.CCC#CCOC(C)(CC)OC. The van der Waals surface area contributed by atoms with Crippen molar-refractivity contribution in [3.8, 4) is 23.7 Å². The molecule has 0 saturated heterocycles. The van der Waals surface area contributed by atoms with E-state index in [4.69, 9.17) is 18.9 Å². The van der Waals surface area contributed by atoms with E-state index < -0.39 is 11.6 Å². The Bertz CT molecular complexity index is 389. The Kier molecular flexibility index (Phi) is 15.3. The van der Waals surface area contributed by atoms with Crippen molar-refractivity contribution in [2.24, 2.45) is 0 Å². The van der Waals surface area contributed by atoms with Gasteiger partial charge in [-0.3, -0.25) is 0 Å². The van der Waals surface area contributed by atoms with E-state index in [0.717, 1.165) is 19.3 Å². The fourth-order valence-electron chi connectivity index (χ4n) is 1.11. The summed E-state index contributed by atoms with van der Waals surface area (Å²) in [5.74, 6) is 10.7. The first-order valence-corrected chi connectivity index (χ1v) is 8.10. The van der Waals surface area contributed by atoms with Crippen LogP contribution < -0.4 is 0 Å². The molecule has 0 rings (SSSR count). The molecule has 0 saturated carbocycles. The molecule has 23 heavy (non-hydrogen) atoms. The minimum Gasteiger partial charge on any atom is -0.354 e. The first-order valence-electron chi connectivity index (χ1n) is 8.10. The minimum atomic E-state index is -0.511. The lowest BCUT2D eigenvalue weighted by Gasteiger charge is -2.25. The highest BCUT2D eigenvalue weighted by molar-refractivity contribution is 4.98. The molecule has 0 bridgehead atoms. The lowest BCUT2D eigenvalue weighted by Crippen LogP contribution is -2.30. The van der Waals surface area contributed by atoms with Crippen LogP contribution in [0.4, 0.5) is 0 Å². The monoisotopic (exact) mass is 326 g/mol. The second-order valence-corrected chi connectivity index (χ2v) is 5.29. The fourth-order valence-corrected chi connectivity index (χ4v) is 1.11. The molecule has 0 amide bonds. The van der Waals surface area contributed by atoms with Crippen molar-refractivity contribution in [2.75, 3.05) is 27.4 Å². The molecule has 0 radical (unpaired) electrons. The summed E-state index contributed by atoms with van der Waals surface area (Å²) < 4.78 is 20.9. The van der Waals surface area contributed by atoms with Gasteiger partial charge in [0, 0.05) is 27.1 Å². The Morgan fingerprint density at radius 2 is 1.17 bits per heavy atom. The molecular weight excluding hydrogens is 292 g/mol. The summed E-state index contributed by atoms with van der Waals surface area (Å²) in [5, 5.41) is 0.